The van der Waals surface area contributed by atoms with Crippen molar-refractivity contribution in [3.05, 3.63) is 98.0 Å². The molecule has 1 aliphatic rings. The minimum atomic E-state index is -4.23. The Hall–Kier alpha value is -4.26. The molecule has 1 aliphatic heterocycles. The lowest BCUT2D eigenvalue weighted by Crippen LogP contribution is -2.54. The summed E-state index contributed by atoms with van der Waals surface area (Å²) in [6.45, 7) is 0. The van der Waals surface area contributed by atoms with Gasteiger partial charge in [0.15, 0.2) is 5.75 Å². The average Bonchev–Trinajstić information content (AvgIpc) is 2.84. The van der Waals surface area contributed by atoms with E-state index >= 15 is 0 Å². The lowest BCUT2D eigenvalue weighted by molar-refractivity contribution is -0.384. The number of benzene rings is 3. The Labute approximate surface area is 219 Å². The van der Waals surface area contributed by atoms with E-state index in [1.54, 1.807) is 0 Å². The van der Waals surface area contributed by atoms with Crippen molar-refractivity contribution in [3.63, 3.8) is 0 Å². The third kappa shape index (κ3) is 5.45. The number of urea groups is 1. The lowest BCUT2D eigenvalue weighted by Gasteiger charge is -2.26. The molecule has 1 N–H and O–H groups in total. The molecule has 0 aliphatic carbocycles. The number of nitrogens with one attached hydrogen (secondary N) is 1. The SMILES string of the molecule is O=C1NC(=O)N(c2ccc([N+](=O)[O-])cc2)C(=O)/C1=C/c1ccc(OS(=O)(=O)c2ccc(Cl)cc2)c(Cl)c1. The number of carbonyl (C=O) groups is 3. The number of halogens is 2. The van der Waals surface area contributed by atoms with Gasteiger partial charge in [-0.25, -0.2) is 9.69 Å². The average molecular weight is 562 g/mol. The van der Waals surface area contributed by atoms with Crippen molar-refractivity contribution in [3.8, 4) is 5.75 Å². The number of nitrogens with zero attached hydrogens (tertiary/aromatic N) is 2. The largest absolute Gasteiger partial charge is 0.377 e. The van der Waals surface area contributed by atoms with Crippen molar-refractivity contribution < 1.29 is 31.9 Å². The van der Waals surface area contributed by atoms with Crippen LogP contribution in [0.15, 0.2) is 77.2 Å². The Kier molecular flexibility index (Phi) is 6.99. The highest BCUT2D eigenvalue weighted by atomic mass is 35.5. The first kappa shape index (κ1) is 25.8. The molecule has 11 nitrogen and oxygen atoms in total. The number of nitro groups is 1. The molecular weight excluding hydrogens is 549 g/mol. The number of imide groups is 2. The number of non-ortho nitro benzene ring substituents is 1. The van der Waals surface area contributed by atoms with Crippen LogP contribution in [0.4, 0.5) is 16.2 Å². The van der Waals surface area contributed by atoms with Crippen LogP contribution in [-0.2, 0) is 19.7 Å². The summed E-state index contributed by atoms with van der Waals surface area (Å²) in [7, 11) is -4.23. The molecule has 188 valence electrons. The minimum Gasteiger partial charge on any atom is -0.377 e. The predicted molar refractivity (Wildman–Crippen MR) is 133 cm³/mol. The highest BCUT2D eigenvalue weighted by Crippen LogP contribution is 2.30. The van der Waals surface area contributed by atoms with Gasteiger partial charge in [-0.2, -0.15) is 8.42 Å². The number of nitro benzene ring substituents is 1. The van der Waals surface area contributed by atoms with Crippen molar-refractivity contribution in [2.75, 3.05) is 4.90 Å². The van der Waals surface area contributed by atoms with Crippen molar-refractivity contribution in [1.82, 2.24) is 5.32 Å². The first-order chi connectivity index (χ1) is 17.5. The Balaban J connectivity index is 1.61. The second-order valence-electron chi connectivity index (χ2n) is 7.41. The van der Waals surface area contributed by atoms with Crippen LogP contribution in [0.5, 0.6) is 5.75 Å². The summed E-state index contributed by atoms with van der Waals surface area (Å²) < 4.78 is 30.1. The smallest absolute Gasteiger partial charge is 0.339 e. The minimum absolute atomic E-state index is 0.000636. The van der Waals surface area contributed by atoms with E-state index in [9.17, 15) is 32.9 Å². The van der Waals surface area contributed by atoms with Crippen LogP contribution < -0.4 is 14.4 Å². The van der Waals surface area contributed by atoms with Crippen LogP contribution in [0.2, 0.25) is 10.0 Å². The molecular formula is C23H13Cl2N3O8S. The van der Waals surface area contributed by atoms with Crippen LogP contribution in [0.1, 0.15) is 5.56 Å². The molecule has 4 rings (SSSR count). The predicted octanol–water partition coefficient (Wildman–Crippen LogP) is 4.34. The van der Waals surface area contributed by atoms with Crippen LogP contribution >= 0.6 is 23.2 Å². The fourth-order valence-corrected chi connectivity index (χ4v) is 4.57. The van der Waals surface area contributed by atoms with Crippen molar-refractivity contribution in [2.45, 2.75) is 4.90 Å². The summed E-state index contributed by atoms with van der Waals surface area (Å²) in [4.78, 5) is 48.4. The Bertz CT molecular complexity index is 1590. The first-order valence-corrected chi connectivity index (χ1v) is 12.3. The fraction of sp³-hybridized carbons (Fsp3) is 0. The number of hydrogen-bond acceptors (Lipinski definition) is 8. The maximum Gasteiger partial charge on any atom is 0.339 e. The second-order valence-corrected chi connectivity index (χ2v) is 9.80. The van der Waals surface area contributed by atoms with Crippen molar-refractivity contribution >= 4 is 68.6 Å². The third-order valence-electron chi connectivity index (χ3n) is 4.99. The van der Waals surface area contributed by atoms with E-state index in [2.05, 4.69) is 0 Å². The molecule has 37 heavy (non-hydrogen) atoms. The lowest BCUT2D eigenvalue weighted by atomic mass is 10.1. The van der Waals surface area contributed by atoms with Crippen LogP contribution in [0.3, 0.4) is 0 Å². The summed E-state index contributed by atoms with van der Waals surface area (Å²) in [5.41, 5.74) is -0.467. The molecule has 3 aromatic carbocycles. The van der Waals surface area contributed by atoms with Gasteiger partial charge in [0, 0.05) is 17.2 Å². The zero-order chi connectivity index (χ0) is 26.9. The molecule has 14 heteroatoms. The van der Waals surface area contributed by atoms with Crippen LogP contribution in [0, 0.1) is 10.1 Å². The molecule has 0 aromatic heterocycles. The van der Waals surface area contributed by atoms with Gasteiger partial charge in [-0.1, -0.05) is 29.3 Å². The molecule has 1 heterocycles. The monoisotopic (exact) mass is 561 g/mol. The highest BCUT2D eigenvalue weighted by Gasteiger charge is 2.37. The Morgan fingerprint density at radius 3 is 2.19 bits per heavy atom. The summed E-state index contributed by atoms with van der Waals surface area (Å²) in [5, 5.41) is 13.1. The fourth-order valence-electron chi connectivity index (χ4n) is 3.22. The van der Waals surface area contributed by atoms with E-state index in [1.807, 2.05) is 5.32 Å². The first-order valence-electron chi connectivity index (χ1n) is 10.1. The number of anilines is 1. The zero-order valence-corrected chi connectivity index (χ0v) is 20.6. The molecule has 1 saturated heterocycles. The van der Waals surface area contributed by atoms with E-state index in [1.165, 1.54) is 54.6 Å². The molecule has 0 atom stereocenters. The maximum atomic E-state index is 13.0. The summed E-state index contributed by atoms with van der Waals surface area (Å²) >= 11 is 12.0. The summed E-state index contributed by atoms with van der Waals surface area (Å²) in [6, 6.07) is 12.7. The Morgan fingerprint density at radius 1 is 0.946 bits per heavy atom. The highest BCUT2D eigenvalue weighted by molar-refractivity contribution is 7.87. The van der Waals surface area contributed by atoms with E-state index in [0.717, 1.165) is 18.2 Å². The number of carbonyl (C=O) groups excluding carboxylic acids is 3. The molecule has 0 radical (unpaired) electrons. The summed E-state index contributed by atoms with van der Waals surface area (Å²) in [6.07, 6.45) is 1.14. The van der Waals surface area contributed by atoms with E-state index in [4.69, 9.17) is 27.4 Å². The van der Waals surface area contributed by atoms with Crippen molar-refractivity contribution in [2.24, 2.45) is 0 Å². The normalized spacial score (nSPS) is 15.0. The van der Waals surface area contributed by atoms with Gasteiger partial charge < -0.3 is 4.18 Å². The number of rotatable bonds is 6. The molecule has 0 unspecified atom stereocenters. The van der Waals surface area contributed by atoms with E-state index in [0.29, 0.717) is 9.92 Å². The molecule has 0 saturated carbocycles. The van der Waals surface area contributed by atoms with Crippen LogP contribution in [-0.4, -0.2) is 31.2 Å². The molecule has 0 spiro atoms. The van der Waals surface area contributed by atoms with Crippen LogP contribution in [0.25, 0.3) is 6.08 Å². The van der Waals surface area contributed by atoms with Gasteiger partial charge in [0.05, 0.1) is 15.6 Å². The summed E-state index contributed by atoms with van der Waals surface area (Å²) in [5.74, 6) is -2.17. The van der Waals surface area contributed by atoms with Gasteiger partial charge in [0.1, 0.15) is 10.5 Å². The van der Waals surface area contributed by atoms with E-state index < -0.39 is 38.5 Å². The van der Waals surface area contributed by atoms with Gasteiger partial charge in [-0.15, -0.1) is 0 Å². The molecule has 1 fully saturated rings. The van der Waals surface area contributed by atoms with Gasteiger partial charge in [0.25, 0.3) is 17.5 Å². The molecule has 4 amide bonds. The second kappa shape index (κ2) is 10.0. The quantitative estimate of drug-likeness (QED) is 0.153. The topological polar surface area (TPSA) is 153 Å². The van der Waals surface area contributed by atoms with Gasteiger partial charge in [-0.3, -0.25) is 25.0 Å². The van der Waals surface area contributed by atoms with E-state index in [-0.39, 0.29) is 32.6 Å². The van der Waals surface area contributed by atoms with Gasteiger partial charge in [0.2, 0.25) is 0 Å². The number of amides is 4. The zero-order valence-electron chi connectivity index (χ0n) is 18.3. The Morgan fingerprint density at radius 2 is 1.59 bits per heavy atom. The molecule has 0 bridgehead atoms. The number of hydrogen-bond donors (Lipinski definition) is 1. The molecule has 3 aromatic rings. The van der Waals surface area contributed by atoms with Gasteiger partial charge >= 0.3 is 16.1 Å². The third-order valence-corrected chi connectivity index (χ3v) is 6.78. The van der Waals surface area contributed by atoms with Gasteiger partial charge in [-0.05, 0) is 60.2 Å². The number of barbiturate groups is 1. The maximum absolute atomic E-state index is 13.0. The standard InChI is InChI=1S/C23H13Cl2N3O8S/c24-14-2-8-17(9-3-14)37(34,35)36-20-10-1-13(12-19(20)25)11-18-21(29)26-23(31)27(22(18)30)15-4-6-16(7-5-15)28(32)33/h1-12H,(H,26,29,31)/b18-11+. The van der Waals surface area contributed by atoms with Crippen molar-refractivity contribution in [1.29, 1.82) is 0 Å².